The fourth-order valence-electron chi connectivity index (χ4n) is 0.665. The van der Waals surface area contributed by atoms with Crippen LogP contribution in [0.5, 0.6) is 0 Å². The highest BCUT2D eigenvalue weighted by Gasteiger charge is 2.44. The van der Waals surface area contributed by atoms with E-state index in [0.29, 0.717) is 6.61 Å². The summed E-state index contributed by atoms with van der Waals surface area (Å²) in [6.45, 7) is 4.67. The van der Waals surface area contributed by atoms with Crippen LogP contribution in [0.4, 0.5) is 0 Å². The molecule has 0 spiro atoms. The van der Waals surface area contributed by atoms with Gasteiger partial charge in [-0.1, -0.05) is 6.92 Å². The van der Waals surface area contributed by atoms with Gasteiger partial charge in [0.05, 0.1) is 0 Å². The Hall–Kier alpha value is 0.412. The van der Waals surface area contributed by atoms with Crippen LogP contribution in [-0.4, -0.2) is 28.0 Å². The molecule has 1 rings (SSSR count). The number of hydrogen-bond acceptors (Lipinski definition) is 3. The van der Waals surface area contributed by atoms with Crippen molar-refractivity contribution in [1.82, 2.24) is 0 Å². The zero-order valence-corrected chi connectivity index (χ0v) is 6.95. The fourth-order valence-corrected chi connectivity index (χ4v) is 2.00. The molecule has 1 saturated heterocycles. The number of hydrogen-bond donors (Lipinski definition) is 0. The molecule has 52 valence electrons. The smallest absolute Gasteiger partial charge is 0.455 e. The Kier molecular flexibility index (Phi) is 2.96. The van der Waals surface area contributed by atoms with Crippen LogP contribution in [0.3, 0.4) is 0 Å². The van der Waals surface area contributed by atoms with E-state index in [1.54, 1.807) is 0 Å². The molecule has 9 heavy (non-hydrogen) atoms. The first kappa shape index (κ1) is 7.52. The van der Waals surface area contributed by atoms with Crippen LogP contribution in [-0.2, 0) is 11.4 Å². The van der Waals surface area contributed by atoms with Gasteiger partial charge in [-0.05, 0) is 13.3 Å². The van der Waals surface area contributed by atoms with Crippen LogP contribution in [0.2, 0.25) is 0 Å². The quantitative estimate of drug-likeness (QED) is 0.551. The lowest BCUT2D eigenvalue weighted by molar-refractivity contribution is -0.154. The lowest BCUT2D eigenvalue weighted by Crippen LogP contribution is -2.46. The molecule has 0 saturated carbocycles. The maximum Gasteiger partial charge on any atom is 0.909 e. The Morgan fingerprint density at radius 3 is 2.56 bits per heavy atom. The van der Waals surface area contributed by atoms with E-state index in [1.807, 2.05) is 13.8 Å². The molecule has 0 aliphatic carbocycles. The molecule has 0 aromatic heterocycles. The molecule has 0 aromatic rings. The van der Waals surface area contributed by atoms with Crippen molar-refractivity contribution in [2.45, 2.75) is 26.6 Å². The molecule has 1 aliphatic heterocycles. The summed E-state index contributed by atoms with van der Waals surface area (Å²) in [5.74, 6) is 0. The topological polar surface area (TPSA) is 27.7 Å². The van der Waals surface area contributed by atoms with Crippen LogP contribution in [0, 0.1) is 0 Å². The summed E-state index contributed by atoms with van der Waals surface area (Å²) < 4.78 is 15.6. The molecule has 0 amide bonds. The summed E-state index contributed by atoms with van der Waals surface area (Å²) in [6.07, 6.45) is 0.963. The standard InChI is InChI=1S/C3H6O2.C2H5O.Al/c1-2-3(4)5;1-2-3;/h3H,2H2,1H3;2H2,1H3;/q-2;-1;+3. The summed E-state index contributed by atoms with van der Waals surface area (Å²) in [5, 5.41) is 0. The van der Waals surface area contributed by atoms with E-state index in [2.05, 4.69) is 0 Å². The van der Waals surface area contributed by atoms with Crippen molar-refractivity contribution in [1.29, 1.82) is 0 Å². The highest BCUT2D eigenvalue weighted by molar-refractivity contribution is 6.38. The van der Waals surface area contributed by atoms with Gasteiger partial charge < -0.3 is 11.4 Å². The van der Waals surface area contributed by atoms with Gasteiger partial charge in [0.2, 0.25) is 0 Å². The highest BCUT2D eigenvalue weighted by Crippen LogP contribution is 2.15. The molecule has 1 heterocycles. The minimum Gasteiger partial charge on any atom is -0.455 e. The molecule has 3 nitrogen and oxygen atoms in total. The van der Waals surface area contributed by atoms with E-state index >= 15 is 0 Å². The Balaban J connectivity index is 1.98. The Morgan fingerprint density at radius 2 is 2.11 bits per heavy atom. The minimum absolute atomic E-state index is 0.0354. The molecule has 4 heteroatoms. The van der Waals surface area contributed by atoms with Crippen molar-refractivity contribution in [2.24, 2.45) is 0 Å². The lowest BCUT2D eigenvalue weighted by Gasteiger charge is -2.31. The highest BCUT2D eigenvalue weighted by atomic mass is 27.3. The first-order chi connectivity index (χ1) is 4.36. The Morgan fingerprint density at radius 1 is 1.44 bits per heavy atom. The average molecular weight is 146 g/mol. The molecule has 1 fully saturated rings. The van der Waals surface area contributed by atoms with E-state index in [0.717, 1.165) is 6.42 Å². The fraction of sp³-hybridized carbons (Fsp3) is 1.00. The van der Waals surface area contributed by atoms with Gasteiger partial charge in [-0.15, -0.1) is 0 Å². The second kappa shape index (κ2) is 3.55. The van der Waals surface area contributed by atoms with Gasteiger partial charge in [-0.3, -0.25) is 0 Å². The van der Waals surface area contributed by atoms with Crippen molar-refractivity contribution in [2.75, 3.05) is 6.61 Å². The largest absolute Gasteiger partial charge is 0.909 e. The van der Waals surface area contributed by atoms with Crippen molar-refractivity contribution in [3.63, 3.8) is 0 Å². The van der Waals surface area contributed by atoms with Crippen LogP contribution >= 0.6 is 0 Å². The predicted molar refractivity (Wildman–Crippen MR) is 33.6 cm³/mol. The lowest BCUT2D eigenvalue weighted by atomic mass is 10.5. The SMILES string of the molecule is CC[O][Al]1[O]C(CC)[O]1. The number of rotatable bonds is 3. The summed E-state index contributed by atoms with van der Waals surface area (Å²) in [5.41, 5.74) is 0. The van der Waals surface area contributed by atoms with Crippen molar-refractivity contribution in [3.05, 3.63) is 0 Å². The monoisotopic (exact) mass is 146 g/mol. The molecule has 0 N–H and O–H groups in total. The summed E-state index contributed by atoms with van der Waals surface area (Å²) >= 11 is -1.58. The second-order valence-corrected chi connectivity index (χ2v) is 3.31. The molecule has 0 radical (unpaired) electrons. The molecule has 0 bridgehead atoms. The molecular formula is C5H11AlO3. The third kappa shape index (κ3) is 1.92. The third-order valence-electron chi connectivity index (χ3n) is 1.16. The average Bonchev–Trinajstić information content (AvgIpc) is 1.77. The van der Waals surface area contributed by atoms with Crippen LogP contribution in [0.15, 0.2) is 0 Å². The molecular weight excluding hydrogens is 135 g/mol. The van der Waals surface area contributed by atoms with Gasteiger partial charge in [0.25, 0.3) is 0 Å². The zero-order valence-electron chi connectivity index (χ0n) is 5.79. The van der Waals surface area contributed by atoms with Gasteiger partial charge in [0.15, 0.2) is 0 Å². The second-order valence-electron chi connectivity index (χ2n) is 1.85. The third-order valence-corrected chi connectivity index (χ3v) is 2.82. The van der Waals surface area contributed by atoms with Crippen LogP contribution in [0.1, 0.15) is 20.3 Å². The molecule has 0 unspecified atom stereocenters. The molecule has 0 aromatic carbocycles. The van der Waals surface area contributed by atoms with Crippen molar-refractivity contribution in [3.8, 4) is 0 Å². The van der Waals surface area contributed by atoms with E-state index in [1.165, 1.54) is 0 Å². The van der Waals surface area contributed by atoms with Crippen molar-refractivity contribution >= 4 is 15.1 Å². The van der Waals surface area contributed by atoms with Crippen LogP contribution in [0.25, 0.3) is 0 Å². The summed E-state index contributed by atoms with van der Waals surface area (Å²) in [7, 11) is 0. The Bertz CT molecular complexity index is 82.3. The first-order valence-corrected chi connectivity index (χ1v) is 4.70. The van der Waals surface area contributed by atoms with E-state index in [-0.39, 0.29) is 6.29 Å². The van der Waals surface area contributed by atoms with Gasteiger partial charge in [-0.25, -0.2) is 0 Å². The predicted octanol–water partition coefficient (Wildman–Crippen LogP) is 0.791. The van der Waals surface area contributed by atoms with Crippen molar-refractivity contribution < 1.29 is 11.4 Å². The van der Waals surface area contributed by atoms with Crippen LogP contribution < -0.4 is 0 Å². The first-order valence-electron chi connectivity index (χ1n) is 3.29. The Labute approximate surface area is 60.3 Å². The van der Waals surface area contributed by atoms with Gasteiger partial charge in [-0.2, -0.15) is 0 Å². The maximum absolute atomic E-state index is 5.22. The van der Waals surface area contributed by atoms with Gasteiger partial charge in [0.1, 0.15) is 6.29 Å². The molecule has 0 atom stereocenters. The van der Waals surface area contributed by atoms with E-state index in [4.69, 9.17) is 11.4 Å². The van der Waals surface area contributed by atoms with Gasteiger partial charge >= 0.3 is 15.1 Å². The van der Waals surface area contributed by atoms with Gasteiger partial charge in [0, 0.05) is 6.61 Å². The molecule has 1 aliphatic rings. The minimum atomic E-state index is -1.58. The van der Waals surface area contributed by atoms with E-state index in [9.17, 15) is 0 Å². The summed E-state index contributed by atoms with van der Waals surface area (Å²) in [6, 6.07) is 0. The zero-order chi connectivity index (χ0) is 6.69. The summed E-state index contributed by atoms with van der Waals surface area (Å²) in [4.78, 5) is 0. The maximum atomic E-state index is 5.22. The van der Waals surface area contributed by atoms with E-state index < -0.39 is 15.1 Å². The normalized spacial score (nSPS) is 20.0.